The molecule has 0 aliphatic carbocycles. The van der Waals surface area contributed by atoms with E-state index in [1.165, 1.54) is 5.71 Å². The summed E-state index contributed by atoms with van der Waals surface area (Å²) in [6, 6.07) is 0. The summed E-state index contributed by atoms with van der Waals surface area (Å²) in [4.78, 5) is 0. The predicted molar refractivity (Wildman–Crippen MR) is 63.5 cm³/mol. The topological polar surface area (TPSA) is 24.8 Å². The van der Waals surface area contributed by atoms with Crippen molar-refractivity contribution < 1.29 is 4.74 Å². The van der Waals surface area contributed by atoms with E-state index in [2.05, 4.69) is 36.7 Å². The fourth-order valence-electron chi connectivity index (χ4n) is 1.34. The highest BCUT2D eigenvalue weighted by atomic mass is 28.3. The zero-order chi connectivity index (χ0) is 10.6. The van der Waals surface area contributed by atoms with Crippen LogP contribution in [0.1, 0.15) is 13.3 Å². The van der Waals surface area contributed by atoms with Gasteiger partial charge in [0.1, 0.15) is 0 Å². The fourth-order valence-corrected chi connectivity index (χ4v) is 2.10. The summed E-state index contributed by atoms with van der Waals surface area (Å²) in [6.07, 6.45) is 2.08. The van der Waals surface area contributed by atoms with E-state index < -0.39 is 8.07 Å². The van der Waals surface area contributed by atoms with E-state index in [9.17, 15) is 0 Å². The molecule has 0 unspecified atom stereocenters. The maximum Gasteiger partial charge on any atom is 0.0746 e. The van der Waals surface area contributed by atoms with Gasteiger partial charge in [-0.25, -0.2) is 0 Å². The molecule has 1 aliphatic heterocycles. The first-order valence-electron chi connectivity index (χ1n) is 5.34. The molecular formula is C10H22N2OSi. The summed E-state index contributed by atoms with van der Waals surface area (Å²) >= 11 is 0. The summed E-state index contributed by atoms with van der Waals surface area (Å²) in [5.41, 5.74) is 1.25. The molecule has 0 radical (unpaired) electrons. The van der Waals surface area contributed by atoms with Crippen molar-refractivity contribution in [2.45, 2.75) is 33.0 Å². The van der Waals surface area contributed by atoms with Crippen molar-refractivity contribution in [1.82, 2.24) is 5.01 Å². The molecule has 1 heterocycles. The molecule has 0 saturated carbocycles. The van der Waals surface area contributed by atoms with E-state index in [-0.39, 0.29) is 0 Å². The summed E-state index contributed by atoms with van der Waals surface area (Å²) in [5.74, 6) is 0. The van der Waals surface area contributed by atoms with Gasteiger partial charge in [0.15, 0.2) is 0 Å². The van der Waals surface area contributed by atoms with Crippen LogP contribution in [0.25, 0.3) is 0 Å². The van der Waals surface area contributed by atoms with Gasteiger partial charge in [0.2, 0.25) is 0 Å². The van der Waals surface area contributed by atoms with Gasteiger partial charge >= 0.3 is 0 Å². The van der Waals surface area contributed by atoms with Gasteiger partial charge in [0, 0.05) is 24.9 Å². The van der Waals surface area contributed by atoms with Crippen molar-refractivity contribution in [2.75, 3.05) is 25.9 Å². The quantitative estimate of drug-likeness (QED) is 0.516. The van der Waals surface area contributed by atoms with E-state index >= 15 is 0 Å². The fraction of sp³-hybridized carbons (Fsp3) is 0.900. The number of rotatable bonds is 5. The van der Waals surface area contributed by atoms with Crippen molar-refractivity contribution in [1.29, 1.82) is 0 Å². The molecule has 0 N–H and O–H groups in total. The largest absolute Gasteiger partial charge is 0.383 e. The Morgan fingerprint density at radius 3 is 2.64 bits per heavy atom. The van der Waals surface area contributed by atoms with Crippen molar-refractivity contribution >= 4 is 13.8 Å². The second kappa shape index (κ2) is 4.93. The highest BCUT2D eigenvalue weighted by molar-refractivity contribution is 6.76. The third kappa shape index (κ3) is 4.76. The predicted octanol–water partition coefficient (Wildman–Crippen LogP) is 1.96. The summed E-state index contributed by atoms with van der Waals surface area (Å²) < 4.78 is 5.65. The Labute approximate surface area is 88.1 Å². The number of nitrogens with zero attached hydrogens (tertiary/aromatic N) is 2. The highest BCUT2D eigenvalue weighted by Crippen LogP contribution is 2.05. The van der Waals surface area contributed by atoms with E-state index in [0.717, 1.165) is 32.3 Å². The minimum Gasteiger partial charge on any atom is -0.383 e. The van der Waals surface area contributed by atoms with Crippen LogP contribution in [-0.4, -0.2) is 44.7 Å². The number of hydrogen-bond donors (Lipinski definition) is 0. The molecule has 0 aromatic carbocycles. The van der Waals surface area contributed by atoms with E-state index in [4.69, 9.17) is 4.74 Å². The molecule has 0 spiro atoms. The van der Waals surface area contributed by atoms with Crippen molar-refractivity contribution in [2.24, 2.45) is 5.10 Å². The minimum absolute atomic E-state index is 0.820. The Balaban J connectivity index is 2.05. The Kier molecular flexibility index (Phi) is 4.13. The Hall–Kier alpha value is -0.353. The summed E-state index contributed by atoms with van der Waals surface area (Å²) in [6.45, 7) is 11.9. The highest BCUT2D eigenvalue weighted by Gasteiger charge is 2.14. The van der Waals surface area contributed by atoms with Gasteiger partial charge in [-0.05, 0) is 6.92 Å². The Morgan fingerprint density at radius 2 is 2.14 bits per heavy atom. The molecular weight excluding hydrogens is 192 g/mol. The first-order valence-corrected chi connectivity index (χ1v) is 9.05. The molecule has 0 saturated heterocycles. The van der Waals surface area contributed by atoms with Gasteiger partial charge in [0.25, 0.3) is 0 Å². The first kappa shape index (κ1) is 11.7. The average molecular weight is 214 g/mol. The molecule has 0 aromatic rings. The van der Waals surface area contributed by atoms with Crippen LogP contribution in [-0.2, 0) is 4.74 Å². The second-order valence-electron chi connectivity index (χ2n) is 5.15. The standard InChI is InChI=1S/C10H22N2OSi/c1-10-5-6-12(11-10)7-8-13-9-14(2,3)4/h5-9H2,1-4H3. The molecule has 0 aromatic heterocycles. The molecule has 3 nitrogen and oxygen atoms in total. The monoisotopic (exact) mass is 214 g/mol. The van der Waals surface area contributed by atoms with Crippen LogP contribution in [0.15, 0.2) is 5.10 Å². The molecule has 0 fully saturated rings. The van der Waals surface area contributed by atoms with Crippen molar-refractivity contribution in [3.05, 3.63) is 0 Å². The maximum atomic E-state index is 5.65. The van der Waals surface area contributed by atoms with Crippen LogP contribution in [0.5, 0.6) is 0 Å². The Morgan fingerprint density at radius 1 is 1.43 bits per heavy atom. The van der Waals surface area contributed by atoms with Gasteiger partial charge < -0.3 is 4.74 Å². The molecule has 1 aliphatic rings. The van der Waals surface area contributed by atoms with Crippen molar-refractivity contribution in [3.63, 3.8) is 0 Å². The number of hydrogen-bond acceptors (Lipinski definition) is 3. The lowest BCUT2D eigenvalue weighted by atomic mass is 10.3. The van der Waals surface area contributed by atoms with Crippen LogP contribution >= 0.6 is 0 Å². The lowest BCUT2D eigenvalue weighted by Gasteiger charge is -2.18. The molecule has 0 amide bonds. The van der Waals surface area contributed by atoms with Crippen LogP contribution in [0.3, 0.4) is 0 Å². The maximum absolute atomic E-state index is 5.65. The molecule has 0 bridgehead atoms. The van der Waals surface area contributed by atoms with Gasteiger partial charge in [-0.3, -0.25) is 5.01 Å². The smallest absolute Gasteiger partial charge is 0.0746 e. The molecule has 1 rings (SSSR count). The van der Waals surface area contributed by atoms with E-state index in [0.29, 0.717) is 0 Å². The first-order chi connectivity index (χ1) is 6.47. The zero-order valence-electron chi connectivity index (χ0n) is 9.84. The molecule has 82 valence electrons. The van der Waals surface area contributed by atoms with Gasteiger partial charge in [-0.2, -0.15) is 5.10 Å². The number of hydrazone groups is 1. The molecule has 4 heteroatoms. The SMILES string of the molecule is CC1=NN(CCOC[Si](C)(C)C)CC1. The summed E-state index contributed by atoms with van der Waals surface area (Å²) in [5, 5.41) is 6.51. The second-order valence-corrected chi connectivity index (χ2v) is 10.6. The van der Waals surface area contributed by atoms with E-state index in [1.807, 2.05) is 0 Å². The lowest BCUT2D eigenvalue weighted by molar-refractivity contribution is 0.138. The van der Waals surface area contributed by atoms with Gasteiger partial charge in [0.05, 0.1) is 21.2 Å². The third-order valence-corrected chi connectivity index (χ3v) is 3.14. The molecule has 14 heavy (non-hydrogen) atoms. The van der Waals surface area contributed by atoms with Crippen LogP contribution in [0, 0.1) is 0 Å². The normalized spacial score (nSPS) is 17.4. The van der Waals surface area contributed by atoms with Crippen LogP contribution in [0.2, 0.25) is 19.6 Å². The minimum atomic E-state index is -1.02. The average Bonchev–Trinajstić information content (AvgIpc) is 2.44. The number of ether oxygens (including phenoxy) is 1. The zero-order valence-corrected chi connectivity index (χ0v) is 10.8. The molecule has 0 atom stereocenters. The van der Waals surface area contributed by atoms with Crippen LogP contribution in [0.4, 0.5) is 0 Å². The third-order valence-electron chi connectivity index (χ3n) is 2.07. The lowest BCUT2D eigenvalue weighted by Crippen LogP contribution is -2.30. The van der Waals surface area contributed by atoms with E-state index in [1.54, 1.807) is 0 Å². The van der Waals surface area contributed by atoms with Crippen LogP contribution < -0.4 is 0 Å². The van der Waals surface area contributed by atoms with Gasteiger partial charge in [-0.1, -0.05) is 19.6 Å². The van der Waals surface area contributed by atoms with Crippen molar-refractivity contribution in [3.8, 4) is 0 Å². The summed E-state index contributed by atoms with van der Waals surface area (Å²) in [7, 11) is -1.02. The Bertz CT molecular complexity index is 211. The van der Waals surface area contributed by atoms with Gasteiger partial charge in [-0.15, -0.1) is 0 Å².